The van der Waals surface area contributed by atoms with Gasteiger partial charge in [-0.25, -0.2) is 0 Å². The van der Waals surface area contributed by atoms with Crippen LogP contribution in [-0.2, 0) is 10.2 Å². The van der Waals surface area contributed by atoms with Gasteiger partial charge in [-0.15, -0.1) is 23.2 Å². The third kappa shape index (κ3) is 4.03. The molecule has 0 aliphatic carbocycles. The van der Waals surface area contributed by atoms with Gasteiger partial charge in [0.25, 0.3) is 0 Å². The summed E-state index contributed by atoms with van der Waals surface area (Å²) in [6.07, 6.45) is 1.81. The van der Waals surface area contributed by atoms with Crippen LogP contribution in [0.15, 0.2) is 24.3 Å². The molecule has 0 bridgehead atoms. The number of alkyl halides is 2. The largest absolute Gasteiger partial charge is 0.382 e. The summed E-state index contributed by atoms with van der Waals surface area (Å²) in [5, 5.41) is 0.732. The molecule has 0 atom stereocenters. The van der Waals surface area contributed by atoms with Gasteiger partial charge in [-0.3, -0.25) is 0 Å². The average molecular weight is 310 g/mol. The van der Waals surface area contributed by atoms with Crippen LogP contribution in [-0.4, -0.2) is 25.0 Å². The zero-order valence-electron chi connectivity index (χ0n) is 10.6. The molecule has 0 spiro atoms. The summed E-state index contributed by atoms with van der Waals surface area (Å²) < 4.78 is 5.36. The molecular formula is C14H19Cl3O. The van der Waals surface area contributed by atoms with Crippen molar-refractivity contribution in [3.63, 3.8) is 0 Å². The van der Waals surface area contributed by atoms with Crippen LogP contribution in [0.2, 0.25) is 5.02 Å². The summed E-state index contributed by atoms with van der Waals surface area (Å²) in [5.74, 6) is 0.929. The van der Waals surface area contributed by atoms with Crippen molar-refractivity contribution in [3.05, 3.63) is 34.9 Å². The van der Waals surface area contributed by atoms with Crippen LogP contribution in [0.3, 0.4) is 0 Å². The van der Waals surface area contributed by atoms with E-state index in [0.717, 1.165) is 36.6 Å². The Morgan fingerprint density at radius 1 is 1.17 bits per heavy atom. The highest BCUT2D eigenvalue weighted by Gasteiger charge is 2.31. The van der Waals surface area contributed by atoms with Crippen molar-refractivity contribution in [2.24, 2.45) is 0 Å². The first-order chi connectivity index (χ1) is 8.70. The van der Waals surface area contributed by atoms with Gasteiger partial charge in [-0.05, 0) is 31.4 Å². The molecule has 0 unspecified atom stereocenters. The maximum atomic E-state index is 6.26. The van der Waals surface area contributed by atoms with E-state index in [1.807, 2.05) is 31.2 Å². The minimum Gasteiger partial charge on any atom is -0.382 e. The third-order valence-corrected chi connectivity index (χ3v) is 4.46. The van der Waals surface area contributed by atoms with E-state index in [-0.39, 0.29) is 5.41 Å². The molecule has 0 saturated carbocycles. The SMILES string of the molecule is CCOCCCC(CCl)(CCl)c1ccccc1Cl. The first kappa shape index (κ1) is 16.1. The molecule has 0 aliphatic rings. The highest BCUT2D eigenvalue weighted by molar-refractivity contribution is 6.32. The molecule has 4 heteroatoms. The van der Waals surface area contributed by atoms with Crippen molar-refractivity contribution in [2.45, 2.75) is 25.2 Å². The van der Waals surface area contributed by atoms with Gasteiger partial charge in [0.1, 0.15) is 0 Å². The molecule has 0 amide bonds. The van der Waals surface area contributed by atoms with Gasteiger partial charge < -0.3 is 4.74 Å². The molecule has 0 heterocycles. The summed E-state index contributed by atoms with van der Waals surface area (Å²) in [7, 11) is 0. The van der Waals surface area contributed by atoms with Crippen LogP contribution < -0.4 is 0 Å². The van der Waals surface area contributed by atoms with E-state index in [9.17, 15) is 0 Å². The van der Waals surface area contributed by atoms with Gasteiger partial charge in [0.2, 0.25) is 0 Å². The van der Waals surface area contributed by atoms with Crippen LogP contribution in [0.4, 0.5) is 0 Å². The fourth-order valence-electron chi connectivity index (χ4n) is 2.00. The summed E-state index contributed by atoms with van der Waals surface area (Å²) in [4.78, 5) is 0. The molecule has 1 nitrogen and oxygen atoms in total. The lowest BCUT2D eigenvalue weighted by atomic mass is 9.80. The lowest BCUT2D eigenvalue weighted by molar-refractivity contribution is 0.139. The number of hydrogen-bond donors (Lipinski definition) is 0. The van der Waals surface area contributed by atoms with E-state index in [0.29, 0.717) is 11.8 Å². The van der Waals surface area contributed by atoms with Crippen LogP contribution >= 0.6 is 34.8 Å². The predicted molar refractivity (Wildman–Crippen MR) is 80.3 cm³/mol. The van der Waals surface area contributed by atoms with Gasteiger partial charge >= 0.3 is 0 Å². The number of rotatable bonds is 8. The summed E-state index contributed by atoms with van der Waals surface area (Å²) in [6.45, 7) is 3.46. The second-order valence-electron chi connectivity index (χ2n) is 4.33. The second-order valence-corrected chi connectivity index (χ2v) is 5.27. The Morgan fingerprint density at radius 3 is 2.39 bits per heavy atom. The number of hydrogen-bond acceptors (Lipinski definition) is 1. The summed E-state index contributed by atoms with van der Waals surface area (Å²) >= 11 is 18.6. The van der Waals surface area contributed by atoms with Crippen molar-refractivity contribution in [3.8, 4) is 0 Å². The predicted octanol–water partition coefficient (Wildman–Crippen LogP) is 4.87. The second kappa shape index (κ2) is 8.27. The zero-order valence-corrected chi connectivity index (χ0v) is 12.9. The molecule has 1 aromatic rings. The molecule has 1 rings (SSSR count). The van der Waals surface area contributed by atoms with Crippen LogP contribution in [0.25, 0.3) is 0 Å². The van der Waals surface area contributed by atoms with E-state index in [1.165, 1.54) is 0 Å². The number of benzene rings is 1. The van der Waals surface area contributed by atoms with E-state index in [4.69, 9.17) is 39.5 Å². The molecule has 0 saturated heterocycles. The maximum absolute atomic E-state index is 6.26. The third-order valence-electron chi connectivity index (χ3n) is 3.10. The van der Waals surface area contributed by atoms with Crippen molar-refractivity contribution >= 4 is 34.8 Å². The Morgan fingerprint density at radius 2 is 1.83 bits per heavy atom. The van der Waals surface area contributed by atoms with E-state index in [2.05, 4.69) is 0 Å². The van der Waals surface area contributed by atoms with Crippen LogP contribution in [0.1, 0.15) is 25.3 Å². The van der Waals surface area contributed by atoms with Crippen molar-refractivity contribution in [1.82, 2.24) is 0 Å². The molecule has 102 valence electrons. The standard InChI is InChI=1S/C14H19Cl3O/c1-2-18-9-5-8-14(10-15,11-16)12-6-3-4-7-13(12)17/h3-4,6-7H,2,5,8-11H2,1H3. The molecule has 0 fully saturated rings. The lowest BCUT2D eigenvalue weighted by Crippen LogP contribution is -2.31. The molecule has 18 heavy (non-hydrogen) atoms. The molecule has 0 N–H and O–H groups in total. The highest BCUT2D eigenvalue weighted by atomic mass is 35.5. The zero-order chi connectivity index (χ0) is 13.4. The van der Waals surface area contributed by atoms with Crippen molar-refractivity contribution < 1.29 is 4.74 Å². The fraction of sp³-hybridized carbons (Fsp3) is 0.571. The first-order valence-electron chi connectivity index (χ1n) is 6.15. The topological polar surface area (TPSA) is 9.23 Å². The van der Waals surface area contributed by atoms with Crippen molar-refractivity contribution in [2.75, 3.05) is 25.0 Å². The number of ether oxygens (including phenoxy) is 1. The van der Waals surface area contributed by atoms with Crippen molar-refractivity contribution in [1.29, 1.82) is 0 Å². The molecule has 1 aromatic carbocycles. The molecular weight excluding hydrogens is 291 g/mol. The summed E-state index contributed by atoms with van der Waals surface area (Å²) in [5.41, 5.74) is 0.770. The summed E-state index contributed by atoms with van der Waals surface area (Å²) in [6, 6.07) is 7.78. The molecule has 0 aliphatic heterocycles. The van der Waals surface area contributed by atoms with Crippen LogP contribution in [0.5, 0.6) is 0 Å². The highest BCUT2D eigenvalue weighted by Crippen LogP contribution is 2.36. The Kier molecular flexibility index (Phi) is 7.40. The lowest BCUT2D eigenvalue weighted by Gasteiger charge is -2.31. The monoisotopic (exact) mass is 308 g/mol. The molecule has 0 radical (unpaired) electrons. The van der Waals surface area contributed by atoms with E-state index in [1.54, 1.807) is 0 Å². The Balaban J connectivity index is 2.83. The van der Waals surface area contributed by atoms with Gasteiger partial charge in [0.05, 0.1) is 0 Å². The Labute approximate surface area is 124 Å². The maximum Gasteiger partial charge on any atom is 0.0466 e. The fourth-order valence-corrected chi connectivity index (χ4v) is 3.17. The van der Waals surface area contributed by atoms with Gasteiger partial charge in [-0.2, -0.15) is 0 Å². The van der Waals surface area contributed by atoms with Gasteiger partial charge in [-0.1, -0.05) is 29.8 Å². The normalized spacial score (nSPS) is 11.8. The minimum absolute atomic E-state index is 0.265. The minimum atomic E-state index is -0.265. The quantitative estimate of drug-likeness (QED) is 0.491. The Bertz CT molecular complexity index is 351. The number of halogens is 3. The first-order valence-corrected chi connectivity index (χ1v) is 7.59. The van der Waals surface area contributed by atoms with E-state index >= 15 is 0 Å². The smallest absolute Gasteiger partial charge is 0.0466 e. The van der Waals surface area contributed by atoms with Gasteiger partial charge in [0, 0.05) is 35.4 Å². The molecule has 0 aromatic heterocycles. The average Bonchev–Trinajstić information content (AvgIpc) is 2.41. The van der Waals surface area contributed by atoms with Crippen LogP contribution in [0, 0.1) is 0 Å². The van der Waals surface area contributed by atoms with Gasteiger partial charge in [0.15, 0.2) is 0 Å². The Hall–Kier alpha value is 0.0500. The van der Waals surface area contributed by atoms with E-state index < -0.39 is 0 Å².